The number of ether oxygens (including phenoxy) is 1. The highest BCUT2D eigenvalue weighted by Crippen LogP contribution is 2.31. The van der Waals surface area contributed by atoms with Gasteiger partial charge in [-0.2, -0.15) is 4.98 Å². The van der Waals surface area contributed by atoms with Crippen molar-refractivity contribution < 1.29 is 19.3 Å². The summed E-state index contributed by atoms with van der Waals surface area (Å²) in [5, 5.41) is 18.8. The molecule has 0 saturated carbocycles. The van der Waals surface area contributed by atoms with Crippen LogP contribution in [0.25, 0.3) is 11.2 Å². The van der Waals surface area contributed by atoms with Gasteiger partial charge < -0.3 is 20.7 Å². The minimum Gasteiger partial charge on any atom is -0.394 e. The summed E-state index contributed by atoms with van der Waals surface area (Å²) in [5.74, 6) is -0.247. The van der Waals surface area contributed by atoms with Crippen molar-refractivity contribution in [1.82, 2.24) is 19.5 Å². The van der Waals surface area contributed by atoms with Gasteiger partial charge in [-0.1, -0.05) is 0 Å². The molecule has 1 fully saturated rings. The van der Waals surface area contributed by atoms with E-state index in [4.69, 9.17) is 15.6 Å². The lowest BCUT2D eigenvalue weighted by Gasteiger charge is -2.15. The van der Waals surface area contributed by atoms with E-state index < -0.39 is 42.5 Å². The third-order valence-electron chi connectivity index (χ3n) is 3.32. The molecule has 4 atom stereocenters. The molecular formula is C10H12FN5O5. The minimum atomic E-state index is -1.88. The van der Waals surface area contributed by atoms with Gasteiger partial charge in [-0.05, 0) is 0 Å². The smallest absolute Gasteiger partial charge is 0.330 e. The zero-order valence-electron chi connectivity index (χ0n) is 10.5. The molecule has 114 valence electrons. The highest BCUT2D eigenvalue weighted by atomic mass is 19.1. The number of alkyl halides is 1. The SMILES string of the molecule is Nc1nc2c([nH]c(=O)n2[C@@H]2O[C@H](CO)C(F)[C@@H]2O)c(=O)[nH]1. The molecule has 1 saturated heterocycles. The molecule has 0 bridgehead atoms. The third kappa shape index (κ3) is 1.93. The molecule has 0 amide bonds. The van der Waals surface area contributed by atoms with E-state index in [-0.39, 0.29) is 17.1 Å². The predicted octanol–water partition coefficient (Wildman–Crippen LogP) is -2.42. The Balaban J connectivity index is 2.20. The zero-order chi connectivity index (χ0) is 15.3. The fraction of sp³-hybridized carbons (Fsp3) is 0.500. The van der Waals surface area contributed by atoms with E-state index in [1.54, 1.807) is 0 Å². The second-order valence-corrected chi connectivity index (χ2v) is 4.63. The van der Waals surface area contributed by atoms with Crippen molar-refractivity contribution in [3.05, 3.63) is 20.8 Å². The molecule has 2 aromatic heterocycles. The van der Waals surface area contributed by atoms with E-state index >= 15 is 0 Å². The zero-order valence-corrected chi connectivity index (χ0v) is 10.5. The van der Waals surface area contributed by atoms with Crippen LogP contribution in [0.1, 0.15) is 6.23 Å². The quantitative estimate of drug-likeness (QED) is 0.413. The van der Waals surface area contributed by atoms with Crippen molar-refractivity contribution in [3.8, 4) is 0 Å². The molecule has 1 unspecified atom stereocenters. The molecule has 0 aliphatic carbocycles. The van der Waals surface area contributed by atoms with Gasteiger partial charge in [0.1, 0.15) is 12.2 Å². The Kier molecular flexibility index (Phi) is 3.04. The first-order valence-electron chi connectivity index (χ1n) is 6.02. The molecule has 21 heavy (non-hydrogen) atoms. The highest BCUT2D eigenvalue weighted by Gasteiger charge is 2.46. The van der Waals surface area contributed by atoms with E-state index in [0.717, 1.165) is 4.57 Å². The lowest BCUT2D eigenvalue weighted by Crippen LogP contribution is -2.32. The number of halogens is 1. The number of fused-ring (bicyclic) bond motifs is 1. The number of imidazole rings is 1. The molecule has 6 N–H and O–H groups in total. The Morgan fingerprint density at radius 1 is 1.43 bits per heavy atom. The second kappa shape index (κ2) is 4.65. The third-order valence-corrected chi connectivity index (χ3v) is 3.32. The molecule has 3 heterocycles. The first kappa shape index (κ1) is 13.7. The number of aliphatic hydroxyl groups is 2. The summed E-state index contributed by atoms with van der Waals surface area (Å²) in [4.78, 5) is 31.8. The Morgan fingerprint density at radius 3 is 2.76 bits per heavy atom. The van der Waals surface area contributed by atoms with Gasteiger partial charge in [0.15, 0.2) is 23.6 Å². The highest BCUT2D eigenvalue weighted by molar-refractivity contribution is 5.70. The average Bonchev–Trinajstić information content (AvgIpc) is 2.89. The molecule has 0 aromatic carbocycles. The number of rotatable bonds is 2. The number of aliphatic hydroxyl groups excluding tert-OH is 2. The fourth-order valence-electron chi connectivity index (χ4n) is 2.33. The first-order valence-corrected chi connectivity index (χ1v) is 6.02. The van der Waals surface area contributed by atoms with Gasteiger partial charge in [0.2, 0.25) is 5.95 Å². The Bertz CT molecular complexity index is 797. The molecule has 1 aliphatic rings. The summed E-state index contributed by atoms with van der Waals surface area (Å²) in [6, 6.07) is 0. The number of aromatic amines is 2. The largest absolute Gasteiger partial charge is 0.394 e. The summed E-state index contributed by atoms with van der Waals surface area (Å²) >= 11 is 0. The maximum absolute atomic E-state index is 13.7. The summed E-state index contributed by atoms with van der Waals surface area (Å²) < 4.78 is 19.7. The summed E-state index contributed by atoms with van der Waals surface area (Å²) in [6.45, 7) is -0.665. The van der Waals surface area contributed by atoms with E-state index in [1.807, 2.05) is 0 Å². The summed E-state index contributed by atoms with van der Waals surface area (Å²) in [5.41, 5.74) is 3.56. The molecular weight excluding hydrogens is 289 g/mol. The molecule has 0 spiro atoms. The van der Waals surface area contributed by atoms with Crippen molar-refractivity contribution in [2.24, 2.45) is 0 Å². The monoisotopic (exact) mass is 301 g/mol. The van der Waals surface area contributed by atoms with Crippen molar-refractivity contribution in [1.29, 1.82) is 0 Å². The average molecular weight is 301 g/mol. The Labute approximate surface area is 115 Å². The molecule has 3 rings (SSSR count). The molecule has 0 radical (unpaired) electrons. The number of nitrogens with zero attached hydrogens (tertiary/aromatic N) is 2. The predicted molar refractivity (Wildman–Crippen MR) is 67.3 cm³/mol. The van der Waals surface area contributed by atoms with Crippen LogP contribution in [0.4, 0.5) is 10.3 Å². The van der Waals surface area contributed by atoms with Crippen LogP contribution in [-0.4, -0.2) is 54.7 Å². The van der Waals surface area contributed by atoms with Gasteiger partial charge in [-0.15, -0.1) is 0 Å². The van der Waals surface area contributed by atoms with Gasteiger partial charge in [0, 0.05) is 0 Å². The number of nitrogens with two attached hydrogens (primary N) is 1. The Morgan fingerprint density at radius 2 is 2.14 bits per heavy atom. The number of anilines is 1. The van der Waals surface area contributed by atoms with E-state index in [0.29, 0.717) is 0 Å². The minimum absolute atomic E-state index is 0.170. The number of H-pyrrole nitrogens is 2. The Hall–Kier alpha value is -2.24. The fourth-order valence-corrected chi connectivity index (χ4v) is 2.33. The maximum atomic E-state index is 13.7. The van der Waals surface area contributed by atoms with Crippen molar-refractivity contribution in [3.63, 3.8) is 0 Å². The van der Waals surface area contributed by atoms with Gasteiger partial charge >= 0.3 is 5.69 Å². The van der Waals surface area contributed by atoms with Crippen molar-refractivity contribution >= 4 is 17.1 Å². The van der Waals surface area contributed by atoms with Gasteiger partial charge in [-0.3, -0.25) is 14.8 Å². The van der Waals surface area contributed by atoms with Crippen molar-refractivity contribution in [2.75, 3.05) is 12.3 Å². The number of hydrogen-bond acceptors (Lipinski definition) is 7. The van der Waals surface area contributed by atoms with E-state index in [9.17, 15) is 19.1 Å². The molecule has 11 heteroatoms. The molecule has 1 aliphatic heterocycles. The van der Waals surface area contributed by atoms with Crippen LogP contribution in [0.3, 0.4) is 0 Å². The normalized spacial score (nSPS) is 29.3. The maximum Gasteiger partial charge on any atom is 0.330 e. The van der Waals surface area contributed by atoms with Crippen LogP contribution in [-0.2, 0) is 4.74 Å². The van der Waals surface area contributed by atoms with E-state index in [1.165, 1.54) is 0 Å². The van der Waals surface area contributed by atoms with Crippen LogP contribution < -0.4 is 17.0 Å². The second-order valence-electron chi connectivity index (χ2n) is 4.63. The van der Waals surface area contributed by atoms with E-state index in [2.05, 4.69) is 15.0 Å². The van der Waals surface area contributed by atoms with Gasteiger partial charge in [0.25, 0.3) is 5.56 Å². The number of aromatic nitrogens is 4. The van der Waals surface area contributed by atoms with Crippen LogP contribution in [0.2, 0.25) is 0 Å². The summed E-state index contributed by atoms with van der Waals surface area (Å²) in [7, 11) is 0. The van der Waals surface area contributed by atoms with Crippen molar-refractivity contribution in [2.45, 2.75) is 24.6 Å². The van der Waals surface area contributed by atoms with Gasteiger partial charge in [0.05, 0.1) is 6.61 Å². The molecule has 10 nitrogen and oxygen atoms in total. The van der Waals surface area contributed by atoms with Crippen LogP contribution in [0.5, 0.6) is 0 Å². The lowest BCUT2D eigenvalue weighted by molar-refractivity contribution is -0.0510. The molecule has 2 aromatic rings. The number of nitrogens with one attached hydrogen (secondary N) is 2. The standard InChI is InChI=1S/C10H12FN5O5/c11-3-2(1-17)21-8(5(3)18)16-6-4(13-10(16)20)7(19)15-9(12)14-6/h2-3,5,8,17-18H,1H2,(H,13,20)(H3,12,14,15,19)/t2-,3?,5+,8-/m1/s1. The number of hydrogen-bond donors (Lipinski definition) is 5. The number of nitrogen functional groups attached to an aromatic ring is 1. The van der Waals surface area contributed by atoms with Crippen LogP contribution in [0, 0.1) is 0 Å². The van der Waals surface area contributed by atoms with Gasteiger partial charge in [-0.25, -0.2) is 13.8 Å². The van der Waals surface area contributed by atoms with Crippen LogP contribution >= 0.6 is 0 Å². The lowest BCUT2D eigenvalue weighted by atomic mass is 10.1. The topological polar surface area (TPSA) is 159 Å². The summed E-state index contributed by atoms with van der Waals surface area (Å²) in [6.07, 6.45) is -6.27. The van der Waals surface area contributed by atoms with Crippen LogP contribution in [0.15, 0.2) is 9.59 Å². The first-order chi connectivity index (χ1) is 9.93.